The summed E-state index contributed by atoms with van der Waals surface area (Å²) in [6.45, 7) is 9.55. The first-order valence-corrected chi connectivity index (χ1v) is 11.5. The number of nitrogens with one attached hydrogen (secondary N) is 2. The second-order valence-electron chi connectivity index (χ2n) is 7.70. The molecule has 152 valence electrons. The Labute approximate surface area is 159 Å². The molecule has 0 rings (SSSR count). The molecule has 0 unspecified atom stereocenters. The summed E-state index contributed by atoms with van der Waals surface area (Å²) < 4.78 is 0. The molecule has 0 atom stereocenters. The van der Waals surface area contributed by atoms with Crippen LogP contribution < -0.4 is 16.4 Å². The minimum atomic E-state index is 0.734. The monoisotopic (exact) mass is 355 g/mol. The molecule has 0 aliphatic rings. The lowest BCUT2D eigenvalue weighted by Gasteiger charge is -2.17. The first-order valence-electron chi connectivity index (χ1n) is 11.5. The van der Waals surface area contributed by atoms with E-state index < -0.39 is 0 Å². The van der Waals surface area contributed by atoms with Crippen LogP contribution in [0.3, 0.4) is 0 Å². The zero-order chi connectivity index (χ0) is 18.4. The first kappa shape index (κ1) is 24.9. The van der Waals surface area contributed by atoms with Gasteiger partial charge in [-0.15, -0.1) is 0 Å². The van der Waals surface area contributed by atoms with Crippen LogP contribution in [-0.2, 0) is 0 Å². The Balaban J connectivity index is 3.71. The van der Waals surface area contributed by atoms with Crippen molar-refractivity contribution in [3.8, 4) is 0 Å². The fraction of sp³-hybridized carbons (Fsp3) is 1.00. The molecular weight excluding hydrogens is 306 g/mol. The van der Waals surface area contributed by atoms with E-state index in [1.165, 1.54) is 96.4 Å². The van der Waals surface area contributed by atoms with Crippen LogP contribution in [0.25, 0.3) is 0 Å². The third-order valence-electron chi connectivity index (χ3n) is 5.20. The summed E-state index contributed by atoms with van der Waals surface area (Å²) in [5.74, 6) is 0.973. The Morgan fingerprint density at radius 2 is 1.04 bits per heavy atom. The third kappa shape index (κ3) is 20.0. The van der Waals surface area contributed by atoms with Crippen LogP contribution in [-0.4, -0.2) is 32.7 Å². The SMILES string of the molecule is CCCCCCCC(CCCCCCC)CCCNCCNCCN. The molecule has 3 nitrogen and oxygen atoms in total. The van der Waals surface area contributed by atoms with Crippen molar-refractivity contribution >= 4 is 0 Å². The summed E-state index contributed by atoms with van der Waals surface area (Å²) in [5.41, 5.74) is 5.47. The maximum Gasteiger partial charge on any atom is 0.00772 e. The number of rotatable bonds is 21. The zero-order valence-electron chi connectivity index (χ0n) is 17.6. The molecule has 3 heteroatoms. The average Bonchev–Trinajstić information content (AvgIpc) is 2.62. The molecule has 0 aromatic carbocycles. The van der Waals surface area contributed by atoms with E-state index in [9.17, 15) is 0 Å². The minimum Gasteiger partial charge on any atom is -0.329 e. The van der Waals surface area contributed by atoms with Gasteiger partial charge in [-0.05, 0) is 25.3 Å². The molecule has 0 spiro atoms. The number of unbranched alkanes of at least 4 members (excludes halogenated alkanes) is 8. The van der Waals surface area contributed by atoms with Crippen molar-refractivity contribution in [2.24, 2.45) is 11.7 Å². The van der Waals surface area contributed by atoms with Gasteiger partial charge in [0, 0.05) is 26.2 Å². The van der Waals surface area contributed by atoms with Crippen molar-refractivity contribution in [1.82, 2.24) is 10.6 Å². The maximum atomic E-state index is 5.47. The molecule has 0 radical (unpaired) electrons. The van der Waals surface area contributed by atoms with Gasteiger partial charge in [-0.2, -0.15) is 0 Å². The normalized spacial score (nSPS) is 11.5. The van der Waals surface area contributed by atoms with Gasteiger partial charge in [0.2, 0.25) is 0 Å². The van der Waals surface area contributed by atoms with Gasteiger partial charge >= 0.3 is 0 Å². The molecule has 0 aliphatic carbocycles. The highest BCUT2D eigenvalue weighted by Crippen LogP contribution is 2.23. The van der Waals surface area contributed by atoms with Crippen molar-refractivity contribution < 1.29 is 0 Å². The Kier molecular flexibility index (Phi) is 21.8. The van der Waals surface area contributed by atoms with Gasteiger partial charge in [0.05, 0.1) is 0 Å². The molecule has 0 amide bonds. The van der Waals surface area contributed by atoms with Crippen LogP contribution in [0.4, 0.5) is 0 Å². The smallest absolute Gasteiger partial charge is 0.00772 e. The predicted molar refractivity (Wildman–Crippen MR) is 114 cm³/mol. The first-order chi connectivity index (χ1) is 12.3. The van der Waals surface area contributed by atoms with Crippen LogP contribution in [0.1, 0.15) is 104 Å². The molecule has 0 aliphatic heterocycles. The number of nitrogens with two attached hydrogens (primary N) is 1. The molecular formula is C22H49N3. The van der Waals surface area contributed by atoms with Crippen LogP contribution in [0.15, 0.2) is 0 Å². The van der Waals surface area contributed by atoms with Crippen molar-refractivity contribution in [1.29, 1.82) is 0 Å². The van der Waals surface area contributed by atoms with Gasteiger partial charge in [-0.3, -0.25) is 0 Å². The third-order valence-corrected chi connectivity index (χ3v) is 5.20. The molecule has 4 N–H and O–H groups in total. The van der Waals surface area contributed by atoms with Crippen molar-refractivity contribution in [3.05, 3.63) is 0 Å². The lowest BCUT2D eigenvalue weighted by Crippen LogP contribution is -2.31. The highest BCUT2D eigenvalue weighted by atomic mass is 14.9. The Morgan fingerprint density at radius 3 is 1.56 bits per heavy atom. The van der Waals surface area contributed by atoms with Gasteiger partial charge in [-0.25, -0.2) is 0 Å². The molecule has 0 aromatic rings. The van der Waals surface area contributed by atoms with E-state index in [-0.39, 0.29) is 0 Å². The molecule has 0 aromatic heterocycles. The summed E-state index contributed by atoms with van der Waals surface area (Å²) in [6, 6.07) is 0. The Hall–Kier alpha value is -0.120. The standard InChI is InChI=1S/C22H49N3/c1-3-5-7-9-11-14-22(15-12-10-8-6-4-2)16-13-18-24-20-21-25-19-17-23/h22,24-25H,3-21,23H2,1-2H3. The topological polar surface area (TPSA) is 50.1 Å². The van der Waals surface area contributed by atoms with Crippen molar-refractivity contribution in [2.75, 3.05) is 32.7 Å². The zero-order valence-corrected chi connectivity index (χ0v) is 17.6. The minimum absolute atomic E-state index is 0.734. The van der Waals surface area contributed by atoms with Gasteiger partial charge in [-0.1, -0.05) is 90.9 Å². The predicted octanol–water partition coefficient (Wildman–Crippen LogP) is 5.24. The Bertz CT molecular complexity index is 219. The lowest BCUT2D eigenvalue weighted by molar-refractivity contribution is 0.369. The van der Waals surface area contributed by atoms with Crippen molar-refractivity contribution in [3.63, 3.8) is 0 Å². The number of hydrogen-bond acceptors (Lipinski definition) is 3. The second kappa shape index (κ2) is 21.9. The van der Waals surface area contributed by atoms with Gasteiger partial charge in [0.1, 0.15) is 0 Å². The fourth-order valence-corrected chi connectivity index (χ4v) is 3.55. The van der Waals surface area contributed by atoms with E-state index >= 15 is 0 Å². The van der Waals surface area contributed by atoms with E-state index in [4.69, 9.17) is 5.73 Å². The maximum absolute atomic E-state index is 5.47. The van der Waals surface area contributed by atoms with Gasteiger partial charge < -0.3 is 16.4 Å². The summed E-state index contributed by atoms with van der Waals surface area (Å²) in [6.07, 6.45) is 19.9. The molecule has 0 fully saturated rings. The molecule has 0 saturated heterocycles. The van der Waals surface area contributed by atoms with Crippen LogP contribution in [0.5, 0.6) is 0 Å². The highest BCUT2D eigenvalue weighted by molar-refractivity contribution is 4.63. The summed E-state index contributed by atoms with van der Waals surface area (Å²) in [7, 11) is 0. The van der Waals surface area contributed by atoms with Crippen LogP contribution >= 0.6 is 0 Å². The lowest BCUT2D eigenvalue weighted by atomic mass is 9.90. The molecule has 0 saturated carbocycles. The van der Waals surface area contributed by atoms with Gasteiger partial charge in [0.25, 0.3) is 0 Å². The Morgan fingerprint density at radius 1 is 0.560 bits per heavy atom. The molecule has 25 heavy (non-hydrogen) atoms. The van der Waals surface area contributed by atoms with Crippen LogP contribution in [0.2, 0.25) is 0 Å². The van der Waals surface area contributed by atoms with E-state index in [1.54, 1.807) is 0 Å². The van der Waals surface area contributed by atoms with Crippen molar-refractivity contribution in [2.45, 2.75) is 104 Å². The average molecular weight is 356 g/mol. The van der Waals surface area contributed by atoms with Gasteiger partial charge in [0.15, 0.2) is 0 Å². The largest absolute Gasteiger partial charge is 0.329 e. The van der Waals surface area contributed by atoms with E-state index in [1.807, 2.05) is 0 Å². The molecule has 0 bridgehead atoms. The second-order valence-corrected chi connectivity index (χ2v) is 7.70. The quantitative estimate of drug-likeness (QED) is 0.247. The molecule has 0 heterocycles. The summed E-state index contributed by atoms with van der Waals surface area (Å²) >= 11 is 0. The van der Waals surface area contributed by atoms with E-state index in [0.29, 0.717) is 0 Å². The highest BCUT2D eigenvalue weighted by Gasteiger charge is 2.08. The fourth-order valence-electron chi connectivity index (χ4n) is 3.55. The number of hydrogen-bond donors (Lipinski definition) is 3. The van der Waals surface area contributed by atoms with Crippen LogP contribution in [0, 0.1) is 5.92 Å². The summed E-state index contributed by atoms with van der Waals surface area (Å²) in [4.78, 5) is 0. The summed E-state index contributed by atoms with van der Waals surface area (Å²) in [5, 5.41) is 6.90. The van der Waals surface area contributed by atoms with E-state index in [0.717, 1.165) is 32.1 Å². The van der Waals surface area contributed by atoms with E-state index in [2.05, 4.69) is 24.5 Å².